The molecule has 1 aromatic carbocycles. The third-order valence-corrected chi connectivity index (χ3v) is 4.87. The lowest BCUT2D eigenvalue weighted by atomic mass is 10.1. The van der Waals surface area contributed by atoms with Crippen LogP contribution in [0.15, 0.2) is 36.5 Å². The molecule has 1 aromatic heterocycles. The number of piperazine rings is 1. The van der Waals surface area contributed by atoms with Crippen LogP contribution in [0.2, 0.25) is 0 Å². The van der Waals surface area contributed by atoms with Gasteiger partial charge in [-0.3, -0.25) is 4.79 Å². The number of amides is 1. The molecule has 0 spiro atoms. The lowest BCUT2D eigenvalue weighted by Crippen LogP contribution is -2.46. The number of likely N-dealkylation sites (N-methyl/N-ethyl adjacent to an activating group) is 1. The molecule has 27 heavy (non-hydrogen) atoms. The molecule has 1 unspecified atom stereocenters. The molecular formula is C20H28N6O. The highest BCUT2D eigenvalue weighted by Gasteiger charge is 2.18. The number of aryl methyl sites for hydroxylation is 1. The van der Waals surface area contributed by atoms with Gasteiger partial charge in [-0.1, -0.05) is 12.1 Å². The zero-order valence-corrected chi connectivity index (χ0v) is 16.1. The Hall–Kier alpha value is -2.35. The summed E-state index contributed by atoms with van der Waals surface area (Å²) in [7, 11) is 2.13. The van der Waals surface area contributed by atoms with Crippen molar-refractivity contribution in [3.8, 4) is 11.4 Å². The maximum atomic E-state index is 12.4. The quantitative estimate of drug-likeness (QED) is 0.800. The van der Waals surface area contributed by atoms with Gasteiger partial charge in [0.15, 0.2) is 5.82 Å². The number of nitrogens with zero attached hydrogens (tertiary/aromatic N) is 4. The molecule has 0 aliphatic carbocycles. The molecule has 7 heteroatoms. The van der Waals surface area contributed by atoms with Gasteiger partial charge in [0, 0.05) is 55.9 Å². The van der Waals surface area contributed by atoms with Gasteiger partial charge >= 0.3 is 0 Å². The summed E-state index contributed by atoms with van der Waals surface area (Å²) in [5.41, 5.74) is 8.58. The second-order valence-electron chi connectivity index (χ2n) is 7.13. The predicted molar refractivity (Wildman–Crippen MR) is 107 cm³/mol. The zero-order chi connectivity index (χ0) is 19.2. The number of aromatic nitrogens is 2. The molecule has 0 radical (unpaired) electrons. The van der Waals surface area contributed by atoms with Gasteiger partial charge < -0.3 is 20.9 Å². The largest absolute Gasteiger partial charge is 0.325 e. The third-order valence-electron chi connectivity index (χ3n) is 4.87. The molecule has 1 saturated heterocycles. The van der Waals surface area contributed by atoms with Crippen LogP contribution in [0.4, 0.5) is 5.69 Å². The van der Waals surface area contributed by atoms with E-state index in [1.807, 2.05) is 37.3 Å². The molecule has 3 N–H and O–H groups in total. The number of nitrogens with two attached hydrogens (primary N) is 1. The fraction of sp³-hybridized carbons (Fsp3) is 0.450. The van der Waals surface area contributed by atoms with Crippen molar-refractivity contribution in [2.24, 2.45) is 5.73 Å². The molecule has 1 amide bonds. The van der Waals surface area contributed by atoms with Gasteiger partial charge in [-0.15, -0.1) is 0 Å². The molecule has 7 nitrogen and oxygen atoms in total. The van der Waals surface area contributed by atoms with Gasteiger partial charge in [0.1, 0.15) is 0 Å². The first-order valence-electron chi connectivity index (χ1n) is 9.39. The van der Waals surface area contributed by atoms with E-state index < -0.39 is 6.04 Å². The maximum absolute atomic E-state index is 12.4. The predicted octanol–water partition coefficient (Wildman–Crippen LogP) is 1.36. The van der Waals surface area contributed by atoms with Gasteiger partial charge in [0.2, 0.25) is 5.91 Å². The van der Waals surface area contributed by atoms with E-state index in [1.165, 1.54) is 0 Å². The van der Waals surface area contributed by atoms with Crippen molar-refractivity contribution in [1.82, 2.24) is 19.8 Å². The Labute approximate surface area is 160 Å². The highest BCUT2D eigenvalue weighted by atomic mass is 16.2. The minimum Gasteiger partial charge on any atom is -0.325 e. The Kier molecular flexibility index (Phi) is 6.49. The topological polar surface area (TPSA) is 87.4 Å². The second kappa shape index (κ2) is 9.03. The Morgan fingerprint density at radius 1 is 1.26 bits per heavy atom. The van der Waals surface area contributed by atoms with Gasteiger partial charge in [-0.25, -0.2) is 9.97 Å². The second-order valence-corrected chi connectivity index (χ2v) is 7.13. The molecule has 1 aliphatic rings. The number of rotatable bonds is 6. The van der Waals surface area contributed by atoms with Crippen LogP contribution in [0.1, 0.15) is 12.1 Å². The van der Waals surface area contributed by atoms with Gasteiger partial charge in [-0.05, 0) is 38.6 Å². The highest BCUT2D eigenvalue weighted by molar-refractivity contribution is 5.95. The minimum absolute atomic E-state index is 0.161. The Morgan fingerprint density at radius 3 is 2.78 bits per heavy atom. The van der Waals surface area contributed by atoms with E-state index >= 15 is 0 Å². The van der Waals surface area contributed by atoms with Gasteiger partial charge in [-0.2, -0.15) is 0 Å². The first-order chi connectivity index (χ1) is 13.0. The summed E-state index contributed by atoms with van der Waals surface area (Å²) in [4.78, 5) is 25.8. The lowest BCUT2D eigenvalue weighted by molar-refractivity contribution is -0.117. The SMILES string of the molecule is Cc1ccnc(-c2cccc(NC(=O)C(N)CCN3CCN(C)CC3)c2)n1. The van der Waals surface area contributed by atoms with Crippen molar-refractivity contribution in [2.75, 3.05) is 45.1 Å². The highest BCUT2D eigenvalue weighted by Crippen LogP contribution is 2.19. The van der Waals surface area contributed by atoms with Crippen molar-refractivity contribution < 1.29 is 4.79 Å². The van der Waals surface area contributed by atoms with Crippen molar-refractivity contribution in [3.63, 3.8) is 0 Å². The number of hydrogen-bond acceptors (Lipinski definition) is 6. The monoisotopic (exact) mass is 368 g/mol. The lowest BCUT2D eigenvalue weighted by Gasteiger charge is -2.32. The van der Waals surface area contributed by atoms with Crippen molar-refractivity contribution in [2.45, 2.75) is 19.4 Å². The number of hydrogen-bond donors (Lipinski definition) is 2. The minimum atomic E-state index is -0.525. The Morgan fingerprint density at radius 2 is 2.04 bits per heavy atom. The summed E-state index contributed by atoms with van der Waals surface area (Å²) in [5, 5.41) is 2.92. The molecular weight excluding hydrogens is 340 g/mol. The normalized spacial score (nSPS) is 16.9. The maximum Gasteiger partial charge on any atom is 0.241 e. The van der Waals surface area contributed by atoms with Crippen LogP contribution in [-0.4, -0.2) is 71.5 Å². The smallest absolute Gasteiger partial charge is 0.241 e. The van der Waals surface area contributed by atoms with E-state index in [4.69, 9.17) is 5.73 Å². The van der Waals surface area contributed by atoms with Gasteiger partial charge in [0.05, 0.1) is 6.04 Å². The average Bonchev–Trinajstić information content (AvgIpc) is 2.67. The van der Waals surface area contributed by atoms with E-state index in [1.54, 1.807) is 6.20 Å². The summed E-state index contributed by atoms with van der Waals surface area (Å²) < 4.78 is 0. The molecule has 1 aliphatic heterocycles. The fourth-order valence-corrected chi connectivity index (χ4v) is 3.08. The van der Waals surface area contributed by atoms with Gasteiger partial charge in [0.25, 0.3) is 0 Å². The van der Waals surface area contributed by atoms with Crippen LogP contribution in [0.3, 0.4) is 0 Å². The number of benzene rings is 1. The van der Waals surface area contributed by atoms with Crippen LogP contribution in [-0.2, 0) is 4.79 Å². The summed E-state index contributed by atoms with van der Waals surface area (Å²) in [5.74, 6) is 0.483. The molecule has 3 rings (SSSR count). The average molecular weight is 368 g/mol. The first kappa shape index (κ1) is 19.4. The molecule has 2 aromatic rings. The summed E-state index contributed by atoms with van der Waals surface area (Å²) in [6.45, 7) is 6.97. The molecule has 2 heterocycles. The molecule has 1 fully saturated rings. The summed E-state index contributed by atoms with van der Waals surface area (Å²) >= 11 is 0. The van der Waals surface area contributed by atoms with E-state index in [-0.39, 0.29) is 5.91 Å². The van der Waals surface area contributed by atoms with Crippen molar-refractivity contribution in [1.29, 1.82) is 0 Å². The van der Waals surface area contributed by atoms with Crippen LogP contribution in [0.5, 0.6) is 0 Å². The molecule has 0 saturated carbocycles. The Bertz CT molecular complexity index is 773. The third kappa shape index (κ3) is 5.56. The fourth-order valence-electron chi connectivity index (χ4n) is 3.08. The van der Waals surface area contributed by atoms with Crippen molar-refractivity contribution >= 4 is 11.6 Å². The van der Waals surface area contributed by atoms with Crippen LogP contribution < -0.4 is 11.1 Å². The summed E-state index contributed by atoms with van der Waals surface area (Å²) in [6, 6.07) is 8.87. The number of carbonyl (C=O) groups excluding carboxylic acids is 1. The standard InChI is InChI=1S/C20H28N6O/c1-15-6-8-22-19(23-15)16-4-3-5-17(14-16)24-20(27)18(21)7-9-26-12-10-25(2)11-13-26/h3-6,8,14,18H,7,9-13,21H2,1-2H3,(H,24,27). The number of anilines is 1. The summed E-state index contributed by atoms with van der Waals surface area (Å²) in [6.07, 6.45) is 2.38. The number of nitrogens with one attached hydrogen (secondary N) is 1. The first-order valence-corrected chi connectivity index (χ1v) is 9.39. The van der Waals surface area contributed by atoms with E-state index in [2.05, 4.69) is 32.1 Å². The van der Waals surface area contributed by atoms with Crippen LogP contribution in [0.25, 0.3) is 11.4 Å². The van der Waals surface area contributed by atoms with Crippen LogP contribution in [0, 0.1) is 6.92 Å². The van der Waals surface area contributed by atoms with E-state index in [0.717, 1.165) is 44.0 Å². The number of carbonyl (C=O) groups is 1. The molecule has 1 atom stereocenters. The van der Waals surface area contributed by atoms with E-state index in [9.17, 15) is 4.79 Å². The molecule has 0 bridgehead atoms. The van der Waals surface area contributed by atoms with Crippen LogP contribution >= 0.6 is 0 Å². The Balaban J connectivity index is 1.55. The molecule has 144 valence electrons. The van der Waals surface area contributed by atoms with E-state index in [0.29, 0.717) is 17.9 Å². The zero-order valence-electron chi connectivity index (χ0n) is 16.1. The van der Waals surface area contributed by atoms with Crippen molar-refractivity contribution in [3.05, 3.63) is 42.2 Å².